The lowest BCUT2D eigenvalue weighted by Gasteiger charge is -2.39. The summed E-state index contributed by atoms with van der Waals surface area (Å²) < 4.78 is 34.8. The molecule has 0 radical (unpaired) electrons. The fraction of sp³-hybridized carbons (Fsp3) is 0.346. The summed E-state index contributed by atoms with van der Waals surface area (Å²) in [5.41, 5.74) is 5.33. The fourth-order valence-corrected chi connectivity index (χ4v) is 6.19. The maximum atomic E-state index is 13.1. The Labute approximate surface area is 206 Å². The molecule has 0 spiro atoms. The Morgan fingerprint density at radius 3 is 2.51 bits per heavy atom. The van der Waals surface area contributed by atoms with E-state index in [0.29, 0.717) is 34.3 Å². The number of benzene rings is 2. The van der Waals surface area contributed by atoms with Crippen molar-refractivity contribution in [3.63, 3.8) is 0 Å². The Morgan fingerprint density at radius 1 is 1.00 bits per heavy atom. The van der Waals surface area contributed by atoms with E-state index in [2.05, 4.69) is 21.7 Å². The van der Waals surface area contributed by atoms with Gasteiger partial charge in [0.1, 0.15) is 11.7 Å². The first-order valence-corrected chi connectivity index (χ1v) is 12.2. The maximum Gasteiger partial charge on any atom is 0.343 e. The van der Waals surface area contributed by atoms with Crippen LogP contribution in [0.3, 0.4) is 0 Å². The summed E-state index contributed by atoms with van der Waals surface area (Å²) in [7, 11) is 6.74. The summed E-state index contributed by atoms with van der Waals surface area (Å²) in [6, 6.07) is 5.48. The second kappa shape index (κ2) is 8.35. The van der Waals surface area contributed by atoms with Crippen molar-refractivity contribution in [2.75, 3.05) is 41.7 Å². The largest absolute Gasteiger partial charge is 0.493 e. The summed E-state index contributed by atoms with van der Waals surface area (Å²) in [6.07, 6.45) is 0.228. The standard InChI is InChI=1S/C26H25NO7S/c1-27-9-7-14-17(13-8-10-35-11-13)24-25(33-12-32-24)23(31-4)18(14)20(27)21-15-5-6-16(29-2)22(30-3)19(15)26(28)34-21/h5-6,8,10-11,20-21H,7,9,12H2,1-4H3. The van der Waals surface area contributed by atoms with Crippen LogP contribution in [0.15, 0.2) is 29.0 Å². The van der Waals surface area contributed by atoms with Crippen LogP contribution in [0.5, 0.6) is 28.7 Å². The van der Waals surface area contributed by atoms with Crippen LogP contribution in [0.4, 0.5) is 0 Å². The van der Waals surface area contributed by atoms with Crippen molar-refractivity contribution in [2.24, 2.45) is 0 Å². The number of likely N-dealkylation sites (N-methyl/N-ethyl adjacent to an activating group) is 1. The van der Waals surface area contributed by atoms with E-state index < -0.39 is 12.1 Å². The van der Waals surface area contributed by atoms with Gasteiger partial charge in [-0.05, 0) is 47.5 Å². The van der Waals surface area contributed by atoms with Gasteiger partial charge in [0.25, 0.3) is 0 Å². The Bertz CT molecular complexity index is 1320. The summed E-state index contributed by atoms with van der Waals surface area (Å²) in [5.74, 6) is 2.35. The third-order valence-electron chi connectivity index (χ3n) is 7.03. The Kier molecular flexibility index (Phi) is 5.26. The zero-order valence-corrected chi connectivity index (χ0v) is 20.7. The number of fused-ring (bicyclic) bond motifs is 3. The molecule has 3 aliphatic rings. The highest BCUT2D eigenvalue weighted by Crippen LogP contribution is 2.59. The number of cyclic esters (lactones) is 1. The molecule has 6 rings (SSSR count). The summed E-state index contributed by atoms with van der Waals surface area (Å²) in [5, 5.41) is 4.16. The van der Waals surface area contributed by atoms with Crippen LogP contribution in [0.2, 0.25) is 0 Å². The molecule has 0 saturated heterocycles. The van der Waals surface area contributed by atoms with E-state index in [1.54, 1.807) is 25.6 Å². The van der Waals surface area contributed by atoms with Crippen LogP contribution >= 0.6 is 11.3 Å². The summed E-state index contributed by atoms with van der Waals surface area (Å²) in [6.45, 7) is 0.902. The van der Waals surface area contributed by atoms with Gasteiger partial charge in [-0.2, -0.15) is 11.3 Å². The summed E-state index contributed by atoms with van der Waals surface area (Å²) in [4.78, 5) is 15.3. The Morgan fingerprint density at radius 2 is 1.80 bits per heavy atom. The minimum atomic E-state index is -0.564. The number of carbonyl (C=O) groups is 1. The molecule has 0 amide bonds. The molecule has 1 aromatic heterocycles. The van der Waals surface area contributed by atoms with Crippen molar-refractivity contribution in [1.82, 2.24) is 4.90 Å². The number of carbonyl (C=O) groups excluding carboxylic acids is 1. The van der Waals surface area contributed by atoms with Gasteiger partial charge in [0.2, 0.25) is 12.5 Å². The first-order chi connectivity index (χ1) is 17.1. The highest BCUT2D eigenvalue weighted by molar-refractivity contribution is 7.08. The normalized spacial score (nSPS) is 20.3. The molecule has 3 aromatic rings. The van der Waals surface area contributed by atoms with E-state index in [1.165, 1.54) is 7.11 Å². The van der Waals surface area contributed by atoms with Crippen LogP contribution in [0, 0.1) is 0 Å². The van der Waals surface area contributed by atoms with Crippen molar-refractivity contribution in [3.05, 3.63) is 51.2 Å². The highest BCUT2D eigenvalue weighted by Gasteiger charge is 2.47. The van der Waals surface area contributed by atoms with E-state index in [1.807, 2.05) is 19.2 Å². The predicted octanol–water partition coefficient (Wildman–Crippen LogP) is 4.61. The Balaban J connectivity index is 1.59. The van der Waals surface area contributed by atoms with Gasteiger partial charge in [-0.3, -0.25) is 4.90 Å². The van der Waals surface area contributed by atoms with Gasteiger partial charge < -0.3 is 28.4 Å². The van der Waals surface area contributed by atoms with E-state index in [-0.39, 0.29) is 12.8 Å². The van der Waals surface area contributed by atoms with Crippen LogP contribution < -0.4 is 23.7 Å². The maximum absolute atomic E-state index is 13.1. The van der Waals surface area contributed by atoms with Crippen molar-refractivity contribution in [3.8, 4) is 39.9 Å². The molecule has 9 heteroatoms. The van der Waals surface area contributed by atoms with Crippen LogP contribution in [-0.4, -0.2) is 52.6 Å². The van der Waals surface area contributed by atoms with Crippen molar-refractivity contribution in [1.29, 1.82) is 0 Å². The van der Waals surface area contributed by atoms with Gasteiger partial charge in [-0.25, -0.2) is 4.79 Å². The van der Waals surface area contributed by atoms with Gasteiger partial charge in [0, 0.05) is 23.2 Å². The van der Waals surface area contributed by atoms with E-state index in [4.69, 9.17) is 28.4 Å². The minimum Gasteiger partial charge on any atom is -0.493 e. The lowest BCUT2D eigenvalue weighted by molar-refractivity contribution is 0.00877. The average Bonchev–Trinajstić information content (AvgIpc) is 3.63. The number of hydrogen-bond donors (Lipinski definition) is 0. The average molecular weight is 496 g/mol. The Hall–Kier alpha value is -3.43. The van der Waals surface area contributed by atoms with E-state index >= 15 is 0 Å². The SMILES string of the molecule is COc1ccc2c(c1OC)C(=O)OC2C1c2c(c(-c3ccsc3)c3c(c2OC)OCO3)CCN1C. The highest BCUT2D eigenvalue weighted by atomic mass is 32.1. The van der Waals surface area contributed by atoms with Crippen molar-refractivity contribution in [2.45, 2.75) is 18.6 Å². The third-order valence-corrected chi connectivity index (χ3v) is 7.71. The first-order valence-electron chi connectivity index (χ1n) is 11.3. The van der Waals surface area contributed by atoms with Crippen molar-refractivity contribution < 1.29 is 33.2 Å². The zero-order valence-electron chi connectivity index (χ0n) is 19.9. The number of hydrogen-bond acceptors (Lipinski definition) is 9. The predicted molar refractivity (Wildman–Crippen MR) is 129 cm³/mol. The molecule has 0 saturated carbocycles. The molecule has 2 unspecified atom stereocenters. The van der Waals surface area contributed by atoms with Gasteiger partial charge in [0.05, 0.1) is 27.4 Å². The number of rotatable bonds is 5. The van der Waals surface area contributed by atoms with Crippen LogP contribution in [0.1, 0.15) is 39.2 Å². The third kappa shape index (κ3) is 3.11. The quantitative estimate of drug-likeness (QED) is 0.475. The second-order valence-electron chi connectivity index (χ2n) is 8.64. The molecule has 3 aliphatic heterocycles. The van der Waals surface area contributed by atoms with E-state index in [9.17, 15) is 4.79 Å². The van der Waals surface area contributed by atoms with Crippen molar-refractivity contribution >= 4 is 17.3 Å². The molecule has 0 N–H and O–H groups in total. The zero-order chi connectivity index (χ0) is 24.3. The molecule has 2 aromatic carbocycles. The summed E-state index contributed by atoms with van der Waals surface area (Å²) >= 11 is 1.63. The molecule has 182 valence electrons. The molecular formula is C26H25NO7S. The molecule has 4 heterocycles. The monoisotopic (exact) mass is 495 g/mol. The van der Waals surface area contributed by atoms with Gasteiger partial charge >= 0.3 is 5.97 Å². The lowest BCUT2D eigenvalue weighted by Crippen LogP contribution is -2.36. The molecular weight excluding hydrogens is 470 g/mol. The smallest absolute Gasteiger partial charge is 0.343 e. The second-order valence-corrected chi connectivity index (χ2v) is 9.42. The molecule has 0 bridgehead atoms. The number of thiophene rings is 1. The number of nitrogens with zero attached hydrogens (tertiary/aromatic N) is 1. The van der Waals surface area contributed by atoms with Crippen LogP contribution in [-0.2, 0) is 11.2 Å². The number of methoxy groups -OCH3 is 3. The van der Waals surface area contributed by atoms with Gasteiger partial charge in [-0.1, -0.05) is 6.07 Å². The number of ether oxygens (including phenoxy) is 6. The first kappa shape index (κ1) is 22.1. The van der Waals surface area contributed by atoms with E-state index in [0.717, 1.165) is 40.8 Å². The molecule has 35 heavy (non-hydrogen) atoms. The number of esters is 1. The van der Waals surface area contributed by atoms with Gasteiger partial charge in [-0.15, -0.1) is 0 Å². The van der Waals surface area contributed by atoms with Gasteiger partial charge in [0.15, 0.2) is 23.0 Å². The molecule has 0 fully saturated rings. The topological polar surface area (TPSA) is 75.7 Å². The fourth-order valence-electron chi connectivity index (χ4n) is 5.54. The lowest BCUT2D eigenvalue weighted by atomic mass is 9.82. The molecule has 8 nitrogen and oxygen atoms in total. The minimum absolute atomic E-state index is 0.129. The molecule has 0 aliphatic carbocycles. The van der Waals surface area contributed by atoms with Crippen LogP contribution in [0.25, 0.3) is 11.1 Å². The molecule has 2 atom stereocenters.